The predicted octanol–water partition coefficient (Wildman–Crippen LogP) is 3.00. The Kier molecular flexibility index (Phi) is 2.83. The van der Waals surface area contributed by atoms with Gasteiger partial charge in [-0.2, -0.15) is 0 Å². The fourth-order valence-electron chi connectivity index (χ4n) is 4.71. The van der Waals surface area contributed by atoms with Gasteiger partial charge in [0.15, 0.2) is 0 Å². The molecule has 0 radical (unpaired) electrons. The van der Waals surface area contributed by atoms with Crippen LogP contribution in [0.15, 0.2) is 24.3 Å². The average molecular weight is 273 g/mol. The average Bonchev–Trinajstić information content (AvgIpc) is 2.80. The van der Waals surface area contributed by atoms with Gasteiger partial charge in [-0.15, -0.1) is 0 Å². The van der Waals surface area contributed by atoms with E-state index in [1.54, 1.807) is 6.07 Å². The van der Waals surface area contributed by atoms with Gasteiger partial charge in [0, 0.05) is 35.6 Å². The highest BCUT2D eigenvalue weighted by atomic mass is 16.5. The Morgan fingerprint density at radius 2 is 2.15 bits per heavy atom. The van der Waals surface area contributed by atoms with E-state index in [2.05, 4.69) is 12.2 Å². The summed E-state index contributed by atoms with van der Waals surface area (Å²) < 4.78 is 5.96. The van der Waals surface area contributed by atoms with E-state index >= 15 is 0 Å². The number of aromatic hydroxyl groups is 1. The van der Waals surface area contributed by atoms with Crippen molar-refractivity contribution in [2.24, 2.45) is 11.3 Å². The van der Waals surface area contributed by atoms with E-state index in [9.17, 15) is 5.11 Å². The van der Waals surface area contributed by atoms with Crippen LogP contribution in [0.4, 0.5) is 0 Å². The van der Waals surface area contributed by atoms with Gasteiger partial charge in [0.1, 0.15) is 5.75 Å². The maximum absolute atomic E-state index is 10.0. The molecule has 1 spiro atoms. The molecule has 3 nitrogen and oxygen atoms in total. The smallest absolute Gasteiger partial charge is 0.120 e. The molecule has 3 fully saturated rings. The second-order valence-corrected chi connectivity index (χ2v) is 6.76. The molecule has 4 rings (SSSR count). The second-order valence-electron chi connectivity index (χ2n) is 6.76. The third-order valence-corrected chi connectivity index (χ3v) is 5.87. The lowest BCUT2D eigenvalue weighted by molar-refractivity contribution is -0.178. The van der Waals surface area contributed by atoms with E-state index in [-0.39, 0.29) is 6.04 Å². The van der Waals surface area contributed by atoms with Gasteiger partial charge in [0.2, 0.25) is 0 Å². The van der Waals surface area contributed by atoms with E-state index in [0.29, 0.717) is 29.2 Å². The van der Waals surface area contributed by atoms with Gasteiger partial charge >= 0.3 is 0 Å². The largest absolute Gasteiger partial charge is 0.508 e. The van der Waals surface area contributed by atoms with Gasteiger partial charge < -0.3 is 15.2 Å². The van der Waals surface area contributed by atoms with Gasteiger partial charge in [0.05, 0.1) is 6.10 Å². The van der Waals surface area contributed by atoms with Crippen LogP contribution >= 0.6 is 0 Å². The van der Waals surface area contributed by atoms with Crippen molar-refractivity contribution in [2.45, 2.75) is 50.8 Å². The standard InChI is InChI=1S/C17H23NO2/c1-11(12-5-2-3-6-14(12)19)18-15-13-7-10-20-16(13)17(15)8-4-9-17/h2-3,5-6,11,13,15-16,18-19H,4,7-10H2,1H3/t11-,13-,15+,16-/m0/s1. The Morgan fingerprint density at radius 3 is 2.85 bits per heavy atom. The number of rotatable bonds is 3. The fourth-order valence-corrected chi connectivity index (χ4v) is 4.71. The van der Waals surface area contributed by atoms with Crippen LogP contribution in [0.2, 0.25) is 0 Å². The van der Waals surface area contributed by atoms with E-state index < -0.39 is 0 Å². The zero-order chi connectivity index (χ0) is 13.7. The van der Waals surface area contributed by atoms with Gasteiger partial charge in [-0.25, -0.2) is 0 Å². The predicted molar refractivity (Wildman–Crippen MR) is 77.6 cm³/mol. The zero-order valence-electron chi connectivity index (χ0n) is 12.0. The first-order valence-corrected chi connectivity index (χ1v) is 7.88. The van der Waals surface area contributed by atoms with Gasteiger partial charge in [0.25, 0.3) is 0 Å². The van der Waals surface area contributed by atoms with Crippen molar-refractivity contribution >= 4 is 0 Å². The Hall–Kier alpha value is -1.06. The molecule has 0 unspecified atom stereocenters. The number of phenols is 1. The van der Waals surface area contributed by atoms with Crippen molar-refractivity contribution in [3.63, 3.8) is 0 Å². The first-order chi connectivity index (χ1) is 9.72. The van der Waals surface area contributed by atoms with Crippen LogP contribution in [0.5, 0.6) is 5.75 Å². The topological polar surface area (TPSA) is 41.5 Å². The highest BCUT2D eigenvalue weighted by Crippen LogP contribution is 2.63. The maximum atomic E-state index is 10.0. The Labute approximate surface area is 120 Å². The number of para-hydroxylation sites is 1. The first-order valence-electron chi connectivity index (χ1n) is 7.88. The minimum atomic E-state index is 0.195. The minimum absolute atomic E-state index is 0.195. The molecule has 20 heavy (non-hydrogen) atoms. The summed E-state index contributed by atoms with van der Waals surface area (Å²) in [6.07, 6.45) is 5.65. The molecule has 3 heteroatoms. The van der Waals surface area contributed by atoms with Crippen LogP contribution in [-0.4, -0.2) is 23.9 Å². The molecule has 4 atom stereocenters. The molecule has 1 aliphatic heterocycles. The Morgan fingerprint density at radius 1 is 1.35 bits per heavy atom. The molecule has 0 aromatic heterocycles. The van der Waals surface area contributed by atoms with E-state index in [1.165, 1.54) is 25.7 Å². The molecule has 2 saturated carbocycles. The number of fused-ring (bicyclic) bond motifs is 2. The van der Waals surface area contributed by atoms with Crippen molar-refractivity contribution in [3.05, 3.63) is 29.8 Å². The molecule has 1 aromatic carbocycles. The molecule has 2 N–H and O–H groups in total. The number of phenolic OH excluding ortho intramolecular Hbond substituents is 1. The van der Waals surface area contributed by atoms with Crippen LogP contribution in [0.1, 0.15) is 44.2 Å². The van der Waals surface area contributed by atoms with E-state index in [1.807, 2.05) is 18.2 Å². The number of ether oxygens (including phenoxy) is 1. The summed E-state index contributed by atoms with van der Waals surface area (Å²) in [7, 11) is 0. The molecular formula is C17H23NO2. The van der Waals surface area contributed by atoms with Gasteiger partial charge in [-0.1, -0.05) is 24.6 Å². The summed E-state index contributed by atoms with van der Waals surface area (Å²) in [5, 5.41) is 13.8. The molecule has 1 saturated heterocycles. The summed E-state index contributed by atoms with van der Waals surface area (Å²) >= 11 is 0. The summed E-state index contributed by atoms with van der Waals surface area (Å²) in [6.45, 7) is 3.09. The van der Waals surface area contributed by atoms with Gasteiger partial charge in [-0.05, 0) is 32.3 Å². The summed E-state index contributed by atoms with van der Waals surface area (Å²) in [4.78, 5) is 0. The normalized spacial score (nSPS) is 35.1. The highest BCUT2D eigenvalue weighted by molar-refractivity contribution is 5.34. The monoisotopic (exact) mass is 273 g/mol. The third-order valence-electron chi connectivity index (χ3n) is 5.87. The first kappa shape index (κ1) is 12.7. The van der Waals surface area contributed by atoms with Crippen molar-refractivity contribution in [1.29, 1.82) is 0 Å². The zero-order valence-corrected chi connectivity index (χ0v) is 12.0. The molecule has 1 heterocycles. The van der Waals surface area contributed by atoms with Crippen molar-refractivity contribution in [1.82, 2.24) is 5.32 Å². The summed E-state index contributed by atoms with van der Waals surface area (Å²) in [6, 6.07) is 8.42. The number of nitrogens with one attached hydrogen (secondary N) is 1. The SMILES string of the molecule is C[C@H](N[C@@H]1[C@@H]2CCO[C@@H]2C12CCC2)c1ccccc1O. The van der Waals surface area contributed by atoms with Crippen LogP contribution < -0.4 is 5.32 Å². The van der Waals surface area contributed by atoms with Gasteiger partial charge in [-0.3, -0.25) is 0 Å². The number of hydrogen-bond donors (Lipinski definition) is 2. The van der Waals surface area contributed by atoms with E-state index in [4.69, 9.17) is 4.74 Å². The Balaban J connectivity index is 1.52. The van der Waals surface area contributed by atoms with Crippen molar-refractivity contribution < 1.29 is 9.84 Å². The molecule has 0 bridgehead atoms. The molecule has 108 valence electrons. The number of benzene rings is 1. The molecule has 3 aliphatic rings. The highest BCUT2D eigenvalue weighted by Gasteiger charge is 2.66. The van der Waals surface area contributed by atoms with Crippen LogP contribution in [-0.2, 0) is 4.74 Å². The van der Waals surface area contributed by atoms with Crippen molar-refractivity contribution in [2.75, 3.05) is 6.61 Å². The Bertz CT molecular complexity index is 511. The fraction of sp³-hybridized carbons (Fsp3) is 0.647. The minimum Gasteiger partial charge on any atom is -0.508 e. The molecule has 1 aromatic rings. The van der Waals surface area contributed by atoms with E-state index in [0.717, 1.165) is 12.2 Å². The maximum Gasteiger partial charge on any atom is 0.120 e. The molecule has 2 aliphatic carbocycles. The summed E-state index contributed by atoms with van der Waals surface area (Å²) in [5.41, 5.74) is 1.41. The van der Waals surface area contributed by atoms with Crippen LogP contribution in [0.3, 0.4) is 0 Å². The van der Waals surface area contributed by atoms with Crippen molar-refractivity contribution in [3.8, 4) is 5.75 Å². The van der Waals surface area contributed by atoms with Crippen LogP contribution in [0.25, 0.3) is 0 Å². The summed E-state index contributed by atoms with van der Waals surface area (Å²) in [5.74, 6) is 1.08. The second kappa shape index (κ2) is 4.47. The van der Waals surface area contributed by atoms with Crippen LogP contribution in [0, 0.1) is 11.3 Å². The lowest BCUT2D eigenvalue weighted by Crippen LogP contribution is -2.71. The molecule has 0 amide bonds. The lowest BCUT2D eigenvalue weighted by Gasteiger charge is -2.64. The lowest BCUT2D eigenvalue weighted by atomic mass is 9.46. The number of hydrogen-bond acceptors (Lipinski definition) is 3. The molecular weight excluding hydrogens is 250 g/mol. The third kappa shape index (κ3) is 1.60. The quantitative estimate of drug-likeness (QED) is 0.889.